The van der Waals surface area contributed by atoms with E-state index in [1.807, 2.05) is 72.8 Å². The first-order chi connectivity index (χ1) is 34.4. The number of aliphatic hydroxyl groups excluding tert-OH is 1. The number of aromatic hydroxyl groups is 1. The molecule has 17 heteroatoms. The van der Waals surface area contributed by atoms with E-state index in [-0.39, 0.29) is 103 Å². The van der Waals surface area contributed by atoms with E-state index in [1.54, 1.807) is 72.8 Å². The molecule has 366 valence electrons. The molecule has 13 nitrogen and oxygen atoms in total. The van der Waals surface area contributed by atoms with Crippen LogP contribution < -0.4 is 78.6 Å². The van der Waals surface area contributed by atoms with Crippen molar-refractivity contribution in [1.29, 1.82) is 0 Å². The van der Waals surface area contributed by atoms with Gasteiger partial charge in [0, 0.05) is 33.1 Å². The summed E-state index contributed by atoms with van der Waals surface area (Å²) >= 11 is 0.492. The van der Waals surface area contributed by atoms with Crippen LogP contribution in [0.1, 0.15) is 87.4 Å². The van der Waals surface area contributed by atoms with E-state index in [2.05, 4.69) is 37.1 Å². The van der Waals surface area contributed by atoms with Crippen molar-refractivity contribution in [3.63, 3.8) is 0 Å². The number of aliphatic hydroxyl groups is 1. The summed E-state index contributed by atoms with van der Waals surface area (Å²) < 4.78 is 58.2. The zero-order valence-corrected chi connectivity index (χ0v) is 46.9. The molecule has 0 aromatic heterocycles. The van der Waals surface area contributed by atoms with Gasteiger partial charge in [-0.2, -0.15) is 4.33 Å². The molecule has 8 aromatic rings. The first-order valence-electron chi connectivity index (χ1n) is 22.3. The van der Waals surface area contributed by atoms with Gasteiger partial charge >= 0.3 is 59.1 Å². The molecule has 0 aliphatic rings. The van der Waals surface area contributed by atoms with Gasteiger partial charge in [-0.25, -0.2) is 8.42 Å². The monoisotopic (exact) mass is 1050 g/mol. The number of ether oxygens (including phenoxy) is 3. The zero-order chi connectivity index (χ0) is 51.2. The number of carbonyl (C=O) groups excluding carboxylic acids is 2. The van der Waals surface area contributed by atoms with Crippen LogP contribution in [0.15, 0.2) is 192 Å². The molecule has 0 spiro atoms. The van der Waals surface area contributed by atoms with Crippen LogP contribution in [-0.4, -0.2) is 34.8 Å². The van der Waals surface area contributed by atoms with Gasteiger partial charge in [0.1, 0.15) is 50.4 Å². The Morgan fingerprint density at radius 1 is 0.514 bits per heavy atom. The number of hydrogen-bond donors (Lipinski definition) is 2. The van der Waals surface area contributed by atoms with Crippen molar-refractivity contribution in [2.24, 2.45) is 0 Å². The SMILES string of the molecule is CC(C)(c1ccc(O)cc1)c1ccc(Oc2ccc(C(=O)c3ccc(Oc4ccc(C(C)(C)c5ccc(Oc6ccc(C(=O)c7ccc(CO)c(S(=O)(=O)[O-])c7)cc6SOO[O-])cc5)cc4)cc3)cc2)cc1.[Na+].[Na+]. The number of hydrogen-bond acceptors (Lipinski definition) is 14. The Labute approximate surface area is 477 Å². The van der Waals surface area contributed by atoms with Gasteiger partial charge < -0.3 is 34.2 Å². The summed E-state index contributed by atoms with van der Waals surface area (Å²) in [6.07, 6.45) is 0. The maximum Gasteiger partial charge on any atom is 1.00 e. The third-order valence-corrected chi connectivity index (χ3v) is 13.9. The molecule has 74 heavy (non-hydrogen) atoms. The van der Waals surface area contributed by atoms with E-state index in [1.165, 1.54) is 30.3 Å². The predicted molar refractivity (Wildman–Crippen MR) is 266 cm³/mol. The van der Waals surface area contributed by atoms with Crippen LogP contribution >= 0.6 is 12.0 Å². The van der Waals surface area contributed by atoms with E-state index in [9.17, 15) is 38.0 Å². The molecule has 0 aliphatic heterocycles. The van der Waals surface area contributed by atoms with Crippen LogP contribution in [0.5, 0.6) is 40.2 Å². The van der Waals surface area contributed by atoms with E-state index < -0.39 is 32.8 Å². The first kappa shape index (κ1) is 57.7. The first-order valence-corrected chi connectivity index (χ1v) is 24.5. The van der Waals surface area contributed by atoms with Crippen LogP contribution in [0.3, 0.4) is 0 Å². The molecule has 0 bridgehead atoms. The second kappa shape index (κ2) is 24.8. The Morgan fingerprint density at radius 3 is 1.27 bits per heavy atom. The molecule has 2 N–H and O–H groups in total. The maximum atomic E-state index is 13.4. The minimum Gasteiger partial charge on any atom is -0.744 e. The Morgan fingerprint density at radius 2 is 0.865 bits per heavy atom. The number of carbonyl (C=O) groups is 2. The van der Waals surface area contributed by atoms with Gasteiger partial charge in [-0.1, -0.05) is 88.4 Å². The Kier molecular flexibility index (Phi) is 19.4. The van der Waals surface area contributed by atoms with E-state index in [0.717, 1.165) is 28.3 Å². The normalized spacial score (nSPS) is 11.4. The Bertz CT molecular complexity index is 3330. The summed E-state index contributed by atoms with van der Waals surface area (Å²) in [7, 11) is -4.98. The van der Waals surface area contributed by atoms with Crippen molar-refractivity contribution in [3.8, 4) is 40.2 Å². The summed E-state index contributed by atoms with van der Waals surface area (Å²) in [6.45, 7) is 7.70. The summed E-state index contributed by atoms with van der Waals surface area (Å²) in [4.78, 5) is 26.2. The topological polar surface area (TPSA) is 201 Å². The van der Waals surface area contributed by atoms with Crippen molar-refractivity contribution >= 4 is 33.7 Å². The standard InChI is InChI=1S/C57H48O13S2.2Na/c1-56(2,41-12-20-45(59)21-13-41)42-14-26-48(27-15-42)66-46-22-7-36(8-23-46)54(60)37-9-24-47(25-10-37)67-49-28-16-43(17-29-49)57(3,4)44-18-30-50(31-19-44)68-51-32-11-38(33-52(51)71-70-69-62)55(61)39-5-6-40(35-58)53(34-39)72(63,64)65;;/h5-34,58-59,62H,35H2,1-4H3,(H,63,64,65);;/q;2*+1/p-2. The smallest absolute Gasteiger partial charge is 0.744 e. The summed E-state index contributed by atoms with van der Waals surface area (Å²) in [6, 6.07) is 51.7. The van der Waals surface area contributed by atoms with Crippen molar-refractivity contribution in [2.75, 3.05) is 0 Å². The van der Waals surface area contributed by atoms with Gasteiger partial charge in [0.2, 0.25) is 0 Å². The van der Waals surface area contributed by atoms with Crippen LogP contribution in [0, 0.1) is 0 Å². The number of ketones is 2. The molecule has 0 atom stereocenters. The second-order valence-electron chi connectivity index (χ2n) is 17.7. The van der Waals surface area contributed by atoms with Crippen LogP contribution in [0.4, 0.5) is 0 Å². The van der Waals surface area contributed by atoms with E-state index >= 15 is 0 Å². The van der Waals surface area contributed by atoms with Gasteiger partial charge in [-0.3, -0.25) is 14.6 Å². The van der Waals surface area contributed by atoms with Crippen molar-refractivity contribution in [3.05, 3.63) is 232 Å². The van der Waals surface area contributed by atoms with Gasteiger partial charge in [-0.05, 0) is 149 Å². The van der Waals surface area contributed by atoms with Crippen LogP contribution in [0.2, 0.25) is 0 Å². The molecule has 0 saturated carbocycles. The predicted octanol–water partition coefficient (Wildman–Crippen LogP) is 5.52. The fourth-order valence-corrected chi connectivity index (χ4v) is 9.21. The fraction of sp³-hybridized carbons (Fsp3) is 0.123. The van der Waals surface area contributed by atoms with Gasteiger partial charge in [0.25, 0.3) is 0 Å². The summed E-state index contributed by atoms with van der Waals surface area (Å²) in [5.74, 6) is 2.50. The van der Waals surface area contributed by atoms with E-state index in [0.29, 0.717) is 51.9 Å². The van der Waals surface area contributed by atoms with Gasteiger partial charge in [-0.15, -0.1) is 0 Å². The van der Waals surface area contributed by atoms with E-state index in [4.69, 9.17) is 14.2 Å². The van der Waals surface area contributed by atoms with Crippen molar-refractivity contribution in [2.45, 2.75) is 54.9 Å². The van der Waals surface area contributed by atoms with Crippen molar-refractivity contribution < 1.29 is 121 Å². The Balaban J connectivity index is 0.00000446. The molecular formula is C57H46Na2O13S2. The largest absolute Gasteiger partial charge is 1.00 e. The minimum atomic E-state index is -4.98. The fourth-order valence-electron chi connectivity index (χ4n) is 8.02. The molecule has 0 saturated heterocycles. The maximum absolute atomic E-state index is 13.4. The van der Waals surface area contributed by atoms with Gasteiger partial charge in [0.05, 0.1) is 28.4 Å². The number of rotatable bonds is 19. The molecule has 8 rings (SSSR count). The van der Waals surface area contributed by atoms with Gasteiger partial charge in [0.15, 0.2) is 11.6 Å². The molecule has 0 heterocycles. The van der Waals surface area contributed by atoms with Crippen LogP contribution in [0.25, 0.3) is 0 Å². The molecule has 0 fully saturated rings. The molecular weight excluding hydrogens is 1000 g/mol. The molecule has 8 aromatic carbocycles. The zero-order valence-electron chi connectivity index (χ0n) is 41.2. The molecule has 0 aliphatic carbocycles. The Hall–Kier alpha value is -5.60. The third-order valence-electron chi connectivity index (χ3n) is 12.4. The average Bonchev–Trinajstić information content (AvgIpc) is 3.38. The minimum absolute atomic E-state index is 0. The molecule has 0 amide bonds. The van der Waals surface area contributed by atoms with Crippen LogP contribution in [-0.2, 0) is 36.9 Å². The summed E-state index contributed by atoms with van der Waals surface area (Å²) in [5, 5.41) is 33.4. The third kappa shape index (κ3) is 13.6. The number of benzene rings is 8. The average molecular weight is 1050 g/mol. The van der Waals surface area contributed by atoms with Crippen molar-refractivity contribution in [1.82, 2.24) is 0 Å². The number of phenols is 1. The summed E-state index contributed by atoms with van der Waals surface area (Å²) in [5.41, 5.74) is 4.23. The molecule has 0 unspecified atom stereocenters. The second-order valence-corrected chi connectivity index (χ2v) is 19.8. The quantitative estimate of drug-likeness (QED) is 0.0256. The number of phenolic OH excluding ortho intramolecular Hbond substituents is 1. The molecule has 0 radical (unpaired) electrons.